The maximum atomic E-state index is 11.3. The molecule has 0 radical (unpaired) electrons. The van der Waals surface area contributed by atoms with Crippen LogP contribution in [0.3, 0.4) is 0 Å². The molecule has 0 atom stereocenters. The van der Waals surface area contributed by atoms with Gasteiger partial charge in [0.2, 0.25) is 5.91 Å². The Kier molecular flexibility index (Phi) is 8.11. The first-order valence-corrected chi connectivity index (χ1v) is 6.29. The van der Waals surface area contributed by atoms with Crippen molar-refractivity contribution in [3.8, 4) is 0 Å². The van der Waals surface area contributed by atoms with Crippen LogP contribution in [-0.4, -0.2) is 43.8 Å². The van der Waals surface area contributed by atoms with Crippen LogP contribution in [0.25, 0.3) is 0 Å². The van der Waals surface area contributed by atoms with E-state index in [1.807, 2.05) is 27.7 Å². The van der Waals surface area contributed by atoms with E-state index in [9.17, 15) is 9.59 Å². The van der Waals surface area contributed by atoms with E-state index in [1.165, 1.54) is 0 Å². The zero-order chi connectivity index (χ0) is 14.0. The molecule has 0 fully saturated rings. The van der Waals surface area contributed by atoms with Crippen LogP contribution in [0.2, 0.25) is 0 Å². The molecule has 0 aliphatic carbocycles. The summed E-state index contributed by atoms with van der Waals surface area (Å²) < 4.78 is 5.08. The highest BCUT2D eigenvalue weighted by Crippen LogP contribution is 2.06. The highest BCUT2D eigenvalue weighted by molar-refractivity contribution is 5.77. The Labute approximate surface area is 109 Å². The Bertz CT molecular complexity index is 262. The number of rotatable bonds is 7. The Hall–Kier alpha value is -1.30. The fourth-order valence-corrected chi connectivity index (χ4v) is 1.18. The van der Waals surface area contributed by atoms with E-state index >= 15 is 0 Å². The number of alkyl carbamates (subject to hydrolysis) is 1. The Morgan fingerprint density at radius 2 is 1.78 bits per heavy atom. The van der Waals surface area contributed by atoms with Gasteiger partial charge in [-0.15, -0.1) is 0 Å². The zero-order valence-corrected chi connectivity index (χ0v) is 11.8. The number of hydrogen-bond donors (Lipinski definition) is 3. The van der Waals surface area contributed by atoms with Gasteiger partial charge in [0.15, 0.2) is 0 Å². The lowest BCUT2D eigenvalue weighted by Crippen LogP contribution is -2.36. The lowest BCUT2D eigenvalue weighted by Gasteiger charge is -2.19. The lowest BCUT2D eigenvalue weighted by atomic mass is 10.2. The molecule has 0 saturated heterocycles. The van der Waals surface area contributed by atoms with Crippen molar-refractivity contribution in [1.29, 1.82) is 0 Å². The molecule has 0 unspecified atom stereocenters. The first-order chi connectivity index (χ1) is 8.35. The molecule has 0 aliphatic rings. The average molecular weight is 259 g/mol. The maximum Gasteiger partial charge on any atom is 0.407 e. The van der Waals surface area contributed by atoms with E-state index in [1.54, 1.807) is 0 Å². The molecule has 0 aliphatic heterocycles. The Balaban J connectivity index is 3.41. The van der Waals surface area contributed by atoms with E-state index in [-0.39, 0.29) is 5.91 Å². The number of nitrogens with one attached hydrogen (secondary N) is 3. The van der Waals surface area contributed by atoms with Crippen molar-refractivity contribution in [2.24, 2.45) is 0 Å². The summed E-state index contributed by atoms with van der Waals surface area (Å²) in [5.74, 6) is -0.0161. The summed E-state index contributed by atoms with van der Waals surface area (Å²) in [6.45, 7) is 9.48. The summed E-state index contributed by atoms with van der Waals surface area (Å²) in [6.07, 6.45) is 0.338. The highest BCUT2D eigenvalue weighted by Gasteiger charge is 2.15. The fourth-order valence-electron chi connectivity index (χ4n) is 1.18. The number of likely N-dealkylation sites (N-methyl/N-ethyl adjacent to an activating group) is 1. The molecular weight excluding hydrogens is 234 g/mol. The van der Waals surface area contributed by atoms with Gasteiger partial charge in [-0.25, -0.2) is 4.79 Å². The van der Waals surface area contributed by atoms with Gasteiger partial charge in [0.25, 0.3) is 0 Å². The van der Waals surface area contributed by atoms with E-state index in [0.717, 1.165) is 6.42 Å². The predicted molar refractivity (Wildman–Crippen MR) is 70.4 cm³/mol. The van der Waals surface area contributed by atoms with Gasteiger partial charge in [-0.2, -0.15) is 0 Å². The van der Waals surface area contributed by atoms with Gasteiger partial charge in [0, 0.05) is 13.1 Å². The standard InChI is InChI=1S/C12H25N3O3/c1-5-14-10(16)9-13-7-6-8-15-11(17)18-12(2,3)4/h13H,5-9H2,1-4H3,(H,14,16)(H,15,17). The second-order valence-electron chi connectivity index (χ2n) is 4.91. The second kappa shape index (κ2) is 8.74. The molecule has 0 aromatic carbocycles. The smallest absolute Gasteiger partial charge is 0.407 e. The van der Waals surface area contributed by atoms with Gasteiger partial charge in [0.05, 0.1) is 6.54 Å². The first-order valence-electron chi connectivity index (χ1n) is 6.29. The first kappa shape index (κ1) is 16.7. The number of hydrogen-bond acceptors (Lipinski definition) is 4. The molecule has 106 valence electrons. The molecule has 3 N–H and O–H groups in total. The Morgan fingerprint density at radius 1 is 1.11 bits per heavy atom. The van der Waals surface area contributed by atoms with Crippen LogP contribution in [0.15, 0.2) is 0 Å². The third kappa shape index (κ3) is 11.2. The summed E-state index contributed by atoms with van der Waals surface area (Å²) in [7, 11) is 0. The lowest BCUT2D eigenvalue weighted by molar-refractivity contribution is -0.120. The van der Waals surface area contributed by atoms with Crippen molar-refractivity contribution >= 4 is 12.0 Å². The van der Waals surface area contributed by atoms with Crippen molar-refractivity contribution in [3.63, 3.8) is 0 Å². The average Bonchev–Trinajstić information content (AvgIpc) is 2.21. The molecule has 18 heavy (non-hydrogen) atoms. The summed E-state index contributed by atoms with van der Waals surface area (Å²) in [5.41, 5.74) is -0.472. The molecule has 0 saturated carbocycles. The summed E-state index contributed by atoms with van der Waals surface area (Å²) in [4.78, 5) is 22.3. The van der Waals surface area contributed by atoms with E-state index in [0.29, 0.717) is 26.2 Å². The predicted octanol–water partition coefficient (Wildman–Crippen LogP) is 0.627. The van der Waals surface area contributed by atoms with Crippen molar-refractivity contribution in [2.45, 2.75) is 39.7 Å². The van der Waals surface area contributed by atoms with Gasteiger partial charge in [-0.1, -0.05) is 0 Å². The van der Waals surface area contributed by atoms with Gasteiger partial charge in [0.1, 0.15) is 5.60 Å². The third-order valence-electron chi connectivity index (χ3n) is 1.86. The number of carbonyl (C=O) groups excluding carboxylic acids is 2. The molecule has 6 nitrogen and oxygen atoms in total. The molecule has 0 spiro atoms. The van der Waals surface area contributed by atoms with Crippen molar-refractivity contribution in [1.82, 2.24) is 16.0 Å². The minimum Gasteiger partial charge on any atom is -0.444 e. The second-order valence-corrected chi connectivity index (χ2v) is 4.91. The van der Waals surface area contributed by atoms with E-state index in [4.69, 9.17) is 4.74 Å². The van der Waals surface area contributed by atoms with Crippen LogP contribution >= 0.6 is 0 Å². The quantitative estimate of drug-likeness (QED) is 0.586. The molecule has 0 aromatic rings. The monoisotopic (exact) mass is 259 g/mol. The van der Waals surface area contributed by atoms with Gasteiger partial charge >= 0.3 is 6.09 Å². The van der Waals surface area contributed by atoms with E-state index in [2.05, 4.69) is 16.0 Å². The molecule has 0 bridgehead atoms. The summed E-state index contributed by atoms with van der Waals surface area (Å²) >= 11 is 0. The highest BCUT2D eigenvalue weighted by atomic mass is 16.6. The van der Waals surface area contributed by atoms with Gasteiger partial charge < -0.3 is 20.7 Å². The number of carbonyl (C=O) groups is 2. The molecule has 0 aromatic heterocycles. The molecule has 2 amide bonds. The molecule has 0 rings (SSSR count). The molecule has 0 heterocycles. The van der Waals surface area contributed by atoms with Crippen LogP contribution in [-0.2, 0) is 9.53 Å². The molecule has 6 heteroatoms. The maximum absolute atomic E-state index is 11.3. The minimum atomic E-state index is -0.472. The van der Waals surface area contributed by atoms with E-state index < -0.39 is 11.7 Å². The summed E-state index contributed by atoms with van der Waals surface area (Å²) in [5, 5.41) is 8.33. The fraction of sp³-hybridized carbons (Fsp3) is 0.833. The molecular formula is C12H25N3O3. The third-order valence-corrected chi connectivity index (χ3v) is 1.86. The van der Waals surface area contributed by atoms with Crippen LogP contribution < -0.4 is 16.0 Å². The van der Waals surface area contributed by atoms with Crippen molar-refractivity contribution in [2.75, 3.05) is 26.2 Å². The summed E-state index contributed by atoms with van der Waals surface area (Å²) in [6, 6.07) is 0. The SMILES string of the molecule is CCNC(=O)CNCCCNC(=O)OC(C)(C)C. The normalized spacial score (nSPS) is 10.9. The van der Waals surface area contributed by atoms with Crippen LogP contribution in [0.4, 0.5) is 4.79 Å². The van der Waals surface area contributed by atoms with Crippen molar-refractivity contribution in [3.05, 3.63) is 0 Å². The van der Waals surface area contributed by atoms with Crippen LogP contribution in [0.5, 0.6) is 0 Å². The zero-order valence-electron chi connectivity index (χ0n) is 11.8. The van der Waals surface area contributed by atoms with Crippen molar-refractivity contribution < 1.29 is 14.3 Å². The number of ether oxygens (including phenoxy) is 1. The van der Waals surface area contributed by atoms with Gasteiger partial charge in [-0.05, 0) is 40.7 Å². The topological polar surface area (TPSA) is 79.5 Å². The Morgan fingerprint density at radius 3 is 2.33 bits per heavy atom. The number of amides is 2. The largest absolute Gasteiger partial charge is 0.444 e. The van der Waals surface area contributed by atoms with Crippen LogP contribution in [0.1, 0.15) is 34.1 Å². The van der Waals surface area contributed by atoms with Gasteiger partial charge in [-0.3, -0.25) is 4.79 Å². The van der Waals surface area contributed by atoms with Crippen LogP contribution in [0, 0.1) is 0 Å². The minimum absolute atomic E-state index is 0.0161.